The predicted molar refractivity (Wildman–Crippen MR) is 33.1 cm³/mol. The Morgan fingerprint density at radius 3 is 2.55 bits per heavy atom. The van der Waals surface area contributed by atoms with Crippen LogP contribution in [-0.4, -0.2) is 23.6 Å². The second kappa shape index (κ2) is 3.58. The number of hydrogen-bond donors (Lipinski definition) is 0. The van der Waals surface area contributed by atoms with Gasteiger partial charge in [-0.15, -0.1) is 0 Å². The van der Waals surface area contributed by atoms with E-state index < -0.39 is 6.09 Å². The van der Waals surface area contributed by atoms with Gasteiger partial charge in [0.05, 0.1) is 0 Å². The van der Waals surface area contributed by atoms with Crippen molar-refractivity contribution in [2.24, 2.45) is 5.92 Å². The van der Waals surface area contributed by atoms with Crippen molar-refractivity contribution in [1.29, 1.82) is 0 Å². The molecule has 1 fully saturated rings. The van der Waals surface area contributed by atoms with Crippen LogP contribution in [0.4, 0.5) is 4.79 Å². The third-order valence-corrected chi connectivity index (χ3v) is 2.22. The molecule has 1 amide bonds. The van der Waals surface area contributed by atoms with Crippen LogP contribution in [0, 0.1) is 5.92 Å². The molecule has 0 aromatic rings. The second-order valence-corrected chi connectivity index (χ2v) is 2.87. The molecule has 0 aromatic carbocycles. The molecule has 11 heavy (non-hydrogen) atoms. The summed E-state index contributed by atoms with van der Waals surface area (Å²) in [6, 6.07) is 0.120. The van der Waals surface area contributed by atoms with E-state index in [4.69, 9.17) is 0 Å². The zero-order chi connectivity index (χ0) is 7.14. The minimum atomic E-state index is -1.03. The fourth-order valence-electron chi connectivity index (χ4n) is 1.72. The summed E-state index contributed by atoms with van der Waals surface area (Å²) >= 11 is 0. The van der Waals surface area contributed by atoms with Crippen molar-refractivity contribution in [3.63, 3.8) is 0 Å². The molecule has 2 aliphatic rings. The molecule has 1 aliphatic carbocycles. The molecular weight excluding hydrogens is 169 g/mol. The van der Waals surface area contributed by atoms with Crippen molar-refractivity contribution in [1.82, 2.24) is 4.90 Å². The average molecular weight is 177 g/mol. The maximum Gasteiger partial charge on any atom is 1.00 e. The van der Waals surface area contributed by atoms with Crippen LogP contribution < -0.4 is 56.5 Å². The number of rotatable bonds is 0. The summed E-state index contributed by atoms with van der Waals surface area (Å²) in [5, 5.41) is 10.4. The first-order valence-electron chi connectivity index (χ1n) is 3.43. The second-order valence-electron chi connectivity index (χ2n) is 2.87. The number of hydrogen-bond acceptors (Lipinski definition) is 2. The van der Waals surface area contributed by atoms with Crippen molar-refractivity contribution < 1.29 is 61.3 Å². The Hall–Kier alpha value is 0.646. The van der Waals surface area contributed by atoms with Crippen molar-refractivity contribution in [2.75, 3.05) is 6.54 Å². The molecule has 2 bridgehead atoms. The summed E-state index contributed by atoms with van der Waals surface area (Å²) in [4.78, 5) is 11.8. The van der Waals surface area contributed by atoms with Gasteiger partial charge < -0.3 is 14.8 Å². The molecule has 1 aliphatic heterocycles. The van der Waals surface area contributed by atoms with Crippen LogP contribution in [0.5, 0.6) is 0 Å². The van der Waals surface area contributed by atoms with Crippen LogP contribution in [0.15, 0.2) is 12.2 Å². The van der Waals surface area contributed by atoms with Gasteiger partial charge in [0.2, 0.25) is 0 Å². The summed E-state index contributed by atoms with van der Waals surface area (Å²) in [5.41, 5.74) is 0. The van der Waals surface area contributed by atoms with Gasteiger partial charge in [0.15, 0.2) is 0 Å². The molecule has 0 unspecified atom stereocenters. The molecule has 1 saturated heterocycles. The van der Waals surface area contributed by atoms with Crippen molar-refractivity contribution in [2.45, 2.75) is 12.5 Å². The monoisotopic (exact) mass is 177 g/mol. The van der Waals surface area contributed by atoms with E-state index in [2.05, 4.69) is 6.08 Å². The van der Waals surface area contributed by atoms with E-state index in [1.165, 1.54) is 4.90 Å². The average Bonchev–Trinajstić information content (AvgIpc) is 2.44. The van der Waals surface area contributed by atoms with Crippen LogP contribution in [-0.2, 0) is 0 Å². The van der Waals surface area contributed by atoms with Crippen molar-refractivity contribution >= 4 is 6.09 Å². The molecule has 0 saturated carbocycles. The molecule has 4 heteroatoms. The number of fused-ring (bicyclic) bond motifs is 2. The molecular formula is C7H8KNO2. The number of amides is 1. The first-order chi connectivity index (χ1) is 4.77. The third-order valence-electron chi connectivity index (χ3n) is 2.22. The summed E-state index contributed by atoms with van der Waals surface area (Å²) in [7, 11) is 0. The zero-order valence-electron chi connectivity index (χ0n) is 6.49. The number of carbonyl (C=O) groups is 1. The molecule has 0 N–H and O–H groups in total. The van der Waals surface area contributed by atoms with Crippen LogP contribution in [0.3, 0.4) is 0 Å². The van der Waals surface area contributed by atoms with E-state index in [1.807, 2.05) is 6.08 Å². The van der Waals surface area contributed by atoms with Gasteiger partial charge in [-0.05, 0) is 12.3 Å². The Kier molecular flexibility index (Phi) is 3.16. The Morgan fingerprint density at radius 1 is 1.55 bits per heavy atom. The number of likely N-dealkylation sites (tertiary alicyclic amines) is 1. The summed E-state index contributed by atoms with van der Waals surface area (Å²) in [6.45, 7) is 0.642. The smallest absolute Gasteiger partial charge is 0.530 e. The van der Waals surface area contributed by atoms with Gasteiger partial charge in [0.1, 0.15) is 6.09 Å². The Morgan fingerprint density at radius 2 is 2.27 bits per heavy atom. The van der Waals surface area contributed by atoms with Crippen molar-refractivity contribution in [3.05, 3.63) is 12.2 Å². The fourth-order valence-corrected chi connectivity index (χ4v) is 1.72. The normalized spacial score (nSPS) is 32.2. The third kappa shape index (κ3) is 1.70. The molecule has 54 valence electrons. The summed E-state index contributed by atoms with van der Waals surface area (Å²) in [5.74, 6) is 0.461. The molecule has 2 atom stereocenters. The van der Waals surface area contributed by atoms with Gasteiger partial charge in [-0.25, -0.2) is 0 Å². The quantitative estimate of drug-likeness (QED) is 0.286. The molecule has 2 rings (SSSR count). The van der Waals surface area contributed by atoms with Crippen molar-refractivity contribution in [3.8, 4) is 0 Å². The fraction of sp³-hybridized carbons (Fsp3) is 0.571. The van der Waals surface area contributed by atoms with Gasteiger partial charge in [-0.1, -0.05) is 12.2 Å². The van der Waals surface area contributed by atoms with Gasteiger partial charge >= 0.3 is 51.4 Å². The van der Waals surface area contributed by atoms with Crippen LogP contribution in [0.25, 0.3) is 0 Å². The topological polar surface area (TPSA) is 43.4 Å². The molecule has 0 radical (unpaired) electrons. The number of nitrogens with zero attached hydrogens (tertiary/aromatic N) is 1. The first-order valence-corrected chi connectivity index (χ1v) is 3.43. The van der Waals surface area contributed by atoms with Crippen LogP contribution >= 0.6 is 0 Å². The molecule has 1 heterocycles. The predicted octanol–water partition coefficient (Wildman–Crippen LogP) is -3.41. The van der Waals surface area contributed by atoms with E-state index in [1.54, 1.807) is 0 Å². The minimum absolute atomic E-state index is 0. The van der Waals surface area contributed by atoms with Gasteiger partial charge in [0, 0.05) is 12.6 Å². The maximum atomic E-state index is 10.4. The maximum absolute atomic E-state index is 10.4. The van der Waals surface area contributed by atoms with Gasteiger partial charge in [-0.3, -0.25) is 0 Å². The summed E-state index contributed by atoms with van der Waals surface area (Å²) in [6.07, 6.45) is 3.97. The van der Waals surface area contributed by atoms with Crippen LogP contribution in [0.2, 0.25) is 0 Å². The van der Waals surface area contributed by atoms with Gasteiger partial charge in [0.25, 0.3) is 0 Å². The van der Waals surface area contributed by atoms with E-state index >= 15 is 0 Å². The van der Waals surface area contributed by atoms with Gasteiger partial charge in [-0.2, -0.15) is 0 Å². The molecule has 0 aromatic heterocycles. The van der Waals surface area contributed by atoms with E-state index in [9.17, 15) is 9.90 Å². The molecule has 3 nitrogen and oxygen atoms in total. The molecule has 0 spiro atoms. The van der Waals surface area contributed by atoms with E-state index in [-0.39, 0.29) is 57.4 Å². The van der Waals surface area contributed by atoms with E-state index in [0.29, 0.717) is 12.5 Å². The minimum Gasteiger partial charge on any atom is -0.530 e. The largest absolute Gasteiger partial charge is 1.00 e. The number of carbonyl (C=O) groups excluding carboxylic acids is 1. The SMILES string of the molecule is O=C([O-])N1C[C@H]2C=C[C@@H]1C2.[K+]. The van der Waals surface area contributed by atoms with E-state index in [0.717, 1.165) is 6.42 Å². The Labute approximate surface area is 108 Å². The first kappa shape index (κ1) is 9.73. The Balaban J connectivity index is 0.000000605. The number of carboxylic acid groups (broad SMARTS) is 1. The Bertz CT molecular complexity index is 205. The summed E-state index contributed by atoms with van der Waals surface area (Å²) < 4.78 is 0. The van der Waals surface area contributed by atoms with Crippen LogP contribution in [0.1, 0.15) is 6.42 Å². The zero-order valence-corrected chi connectivity index (χ0v) is 9.61. The standard InChI is InChI=1S/C7H9NO2.K/c9-7(10)8-4-5-1-2-6(8)3-5;/h1-2,5-6H,3-4H2,(H,9,10);/q;+1/p-1/t5-,6+;/m0./s1.